The van der Waals surface area contributed by atoms with Crippen LogP contribution in [-0.2, 0) is 38.5 Å². The molecular weight excluding hydrogens is 902 g/mol. The van der Waals surface area contributed by atoms with Crippen LogP contribution in [0.1, 0.15) is 116 Å². The maximum atomic E-state index is 7.73. The van der Waals surface area contributed by atoms with Crippen LogP contribution in [0.15, 0.2) is 158 Å². The average Bonchev–Trinajstić information content (AvgIpc) is 4.01. The summed E-state index contributed by atoms with van der Waals surface area (Å²) >= 11 is 0. The second-order valence-corrected chi connectivity index (χ2v) is 26.5. The molecule has 2 unspecified atom stereocenters. The molecule has 6 heteroatoms. The lowest BCUT2D eigenvalue weighted by Gasteiger charge is -2.46. The number of para-hydroxylation sites is 2. The van der Waals surface area contributed by atoms with Crippen molar-refractivity contribution in [3.05, 3.63) is 197 Å². The molecule has 7 aliphatic rings. The van der Waals surface area contributed by atoms with Crippen molar-refractivity contribution in [3.63, 3.8) is 0 Å². The lowest BCUT2D eigenvalue weighted by Crippen LogP contribution is -2.87. The largest absolute Gasteiger partial charge is 0.458 e. The van der Waals surface area contributed by atoms with Gasteiger partial charge >= 0.3 is 0 Å². The van der Waals surface area contributed by atoms with E-state index in [0.717, 1.165) is 24.3 Å². The lowest BCUT2D eigenvalue weighted by molar-refractivity contribution is 0.486. The van der Waals surface area contributed by atoms with Gasteiger partial charge in [0.05, 0.1) is 5.52 Å². The Labute approximate surface area is 431 Å². The third-order valence-electron chi connectivity index (χ3n) is 19.2. The summed E-state index contributed by atoms with van der Waals surface area (Å²) in [7, 11) is -3.12. The molecule has 7 aromatic carbocycles. The summed E-state index contributed by atoms with van der Waals surface area (Å²) in [5, 5.41) is 7.30. The van der Waals surface area contributed by atoms with Gasteiger partial charge in [0.2, 0.25) is 0 Å². The molecular formula is C67H62BN3OSi. The van der Waals surface area contributed by atoms with Gasteiger partial charge in [-0.1, -0.05) is 134 Å². The first-order valence-corrected chi connectivity index (χ1v) is 30.2. The summed E-state index contributed by atoms with van der Waals surface area (Å²) in [6, 6.07) is 62.9. The van der Waals surface area contributed by atoms with Crippen LogP contribution in [-0.4, -0.2) is 30.0 Å². The fraction of sp³-hybridized carbons (Fsp3) is 0.284. The number of benzene rings is 7. The number of rotatable bonds is 5. The van der Waals surface area contributed by atoms with Gasteiger partial charge in [-0.05, 0) is 180 Å². The Bertz CT molecular complexity index is 3630. The van der Waals surface area contributed by atoms with E-state index in [4.69, 9.17) is 4.74 Å². The number of hydrogen-bond donors (Lipinski definition) is 0. The highest BCUT2D eigenvalue weighted by molar-refractivity contribution is 7.26. The number of ether oxygens (including phenoxy) is 1. The van der Waals surface area contributed by atoms with E-state index in [0.29, 0.717) is 12.0 Å². The first-order valence-electron chi connectivity index (χ1n) is 28.2. The first-order chi connectivity index (χ1) is 36.2. The van der Waals surface area contributed by atoms with Crippen molar-refractivity contribution < 1.29 is 4.74 Å². The van der Waals surface area contributed by atoms with Crippen molar-refractivity contribution in [2.24, 2.45) is 0 Å². The predicted molar refractivity (Wildman–Crippen MR) is 306 cm³/mol. The van der Waals surface area contributed by atoms with E-state index >= 15 is 0 Å². The summed E-state index contributed by atoms with van der Waals surface area (Å²) in [6.07, 6.45) is 21.0. The predicted octanol–water partition coefficient (Wildman–Crippen LogP) is 10.9. The van der Waals surface area contributed by atoms with Crippen molar-refractivity contribution in [3.8, 4) is 22.9 Å². The van der Waals surface area contributed by atoms with Gasteiger partial charge in [-0.15, -0.1) is 0 Å². The number of fused-ring (bicyclic) bond motifs is 13. The van der Waals surface area contributed by atoms with E-state index in [9.17, 15) is 0 Å². The summed E-state index contributed by atoms with van der Waals surface area (Å²) in [4.78, 5) is 2.80. The molecule has 2 aromatic heterocycles. The van der Waals surface area contributed by atoms with E-state index in [2.05, 4.69) is 172 Å². The number of aryl methyl sites for hydroxylation is 1. The molecule has 1 saturated carbocycles. The van der Waals surface area contributed by atoms with Crippen molar-refractivity contribution in [2.45, 2.75) is 121 Å². The highest BCUT2D eigenvalue weighted by atomic mass is 28.3. The molecule has 0 saturated heterocycles. The van der Waals surface area contributed by atoms with Crippen LogP contribution in [0.4, 0.5) is 11.4 Å². The Hall–Kier alpha value is -6.76. The molecule has 1 fully saturated rings. The average molecular weight is 964 g/mol. The zero-order valence-electron chi connectivity index (χ0n) is 42.0. The minimum absolute atomic E-state index is 0.00764. The van der Waals surface area contributed by atoms with Crippen LogP contribution in [0.2, 0.25) is 0 Å². The highest BCUT2D eigenvalue weighted by Crippen LogP contribution is 2.51. The molecule has 3 aliphatic heterocycles. The van der Waals surface area contributed by atoms with Gasteiger partial charge in [0, 0.05) is 69.3 Å². The fourth-order valence-corrected chi connectivity index (χ4v) is 21.6. The van der Waals surface area contributed by atoms with E-state index < -0.39 is 8.07 Å². The lowest BCUT2D eigenvalue weighted by atomic mass is 9.35. The number of nitrogens with zero attached hydrogens (tertiary/aromatic N) is 3. The SMILES string of the molecule is c1ccc([Si]2(c3ccccc3)c3cc(-n4c5c(c6c4CCCC6)CCCC5)ccc3B3c4ccc(-n5c6c(c7ccccc75)CCCC6)cc4Oc4cc(N5c6ccccc6C6CCCCCC65)cc2c43)cc1. The zero-order valence-corrected chi connectivity index (χ0v) is 43.0. The smallest absolute Gasteiger partial charge is 0.250 e. The molecule has 0 spiro atoms. The van der Waals surface area contributed by atoms with Gasteiger partial charge in [-0.2, -0.15) is 0 Å². The topological polar surface area (TPSA) is 22.3 Å². The molecule has 5 heterocycles. The normalized spacial score (nSPS) is 19.8. The minimum atomic E-state index is -3.12. The zero-order chi connectivity index (χ0) is 47.8. The quantitative estimate of drug-likeness (QED) is 0.160. The van der Waals surface area contributed by atoms with E-state index in [1.807, 2.05) is 0 Å². The second kappa shape index (κ2) is 16.6. The van der Waals surface area contributed by atoms with Crippen molar-refractivity contribution >= 4 is 74.2 Å². The van der Waals surface area contributed by atoms with Crippen molar-refractivity contribution in [2.75, 3.05) is 4.90 Å². The molecule has 0 bridgehead atoms. The molecule has 4 aliphatic carbocycles. The molecule has 0 radical (unpaired) electrons. The number of aromatic nitrogens is 2. The standard InChI is InChI=1S/C67H62BN3OSi/c1-4-20-47(21-5-1)73(48-22-6-2-7-23-48)65-42-45(70-59-33-17-12-27-52(59)53-28-13-18-34-60(53)70)37-39-56(65)68-55-38-36-44(69-57-31-15-10-25-50(57)51-26-11-16-32-58(51)69)40-63(55)72-64-41-46(43-66(73)67(64)68)71-61-30-9-3-8-24-49(61)54-29-14-19-35-62(54)71/h1-2,4-7,10,14-15,19-23,25,29,31,35-43,49,61H,3,8-9,11-13,16-18,24,26-28,30,32-34H2. The molecule has 4 nitrogen and oxygen atoms in total. The van der Waals surface area contributed by atoms with Crippen LogP contribution < -0.4 is 46.8 Å². The third kappa shape index (κ3) is 6.13. The van der Waals surface area contributed by atoms with Gasteiger partial charge in [-0.25, -0.2) is 0 Å². The molecule has 16 rings (SSSR count). The van der Waals surface area contributed by atoms with E-state index in [1.54, 1.807) is 22.5 Å². The summed E-state index contributed by atoms with van der Waals surface area (Å²) in [5.74, 6) is 2.55. The Balaban J connectivity index is 1.00. The molecule has 0 N–H and O–H groups in total. The van der Waals surface area contributed by atoms with Crippen LogP contribution in [0, 0.1) is 0 Å². The van der Waals surface area contributed by atoms with Gasteiger partial charge in [0.1, 0.15) is 11.5 Å². The Morgan fingerprint density at radius 3 is 1.79 bits per heavy atom. The van der Waals surface area contributed by atoms with Crippen molar-refractivity contribution in [1.82, 2.24) is 9.13 Å². The fourth-order valence-electron chi connectivity index (χ4n) is 16.3. The molecule has 2 atom stereocenters. The van der Waals surface area contributed by atoms with E-state index in [-0.39, 0.29) is 6.71 Å². The Kier molecular flexibility index (Phi) is 9.73. The van der Waals surface area contributed by atoms with Gasteiger partial charge in [-0.3, -0.25) is 0 Å². The van der Waals surface area contributed by atoms with Gasteiger partial charge in [0.25, 0.3) is 6.71 Å². The maximum Gasteiger partial charge on any atom is 0.250 e. The van der Waals surface area contributed by atoms with Crippen molar-refractivity contribution in [1.29, 1.82) is 0 Å². The molecule has 358 valence electrons. The Morgan fingerprint density at radius 2 is 1.04 bits per heavy atom. The first kappa shape index (κ1) is 42.7. The molecule has 0 amide bonds. The van der Waals surface area contributed by atoms with Gasteiger partial charge in [0.15, 0.2) is 8.07 Å². The highest BCUT2D eigenvalue weighted by Gasteiger charge is 2.54. The van der Waals surface area contributed by atoms with Gasteiger partial charge < -0.3 is 18.8 Å². The van der Waals surface area contributed by atoms with Crippen LogP contribution in [0.5, 0.6) is 11.5 Å². The van der Waals surface area contributed by atoms with E-state index in [1.165, 1.54) is 184 Å². The Morgan fingerprint density at radius 1 is 0.452 bits per heavy atom. The van der Waals surface area contributed by atoms with Crippen LogP contribution >= 0.6 is 0 Å². The maximum absolute atomic E-state index is 7.73. The number of anilines is 2. The summed E-state index contributed by atoms with van der Waals surface area (Å²) in [6.45, 7) is 0.00764. The molecule has 9 aromatic rings. The molecule has 73 heavy (non-hydrogen) atoms. The van der Waals surface area contributed by atoms with Crippen LogP contribution in [0.3, 0.4) is 0 Å². The number of hydrogen-bond acceptors (Lipinski definition) is 2. The minimum Gasteiger partial charge on any atom is -0.458 e. The monoisotopic (exact) mass is 963 g/mol. The van der Waals surface area contributed by atoms with Crippen LogP contribution in [0.25, 0.3) is 22.3 Å². The third-order valence-corrected chi connectivity index (χ3v) is 24.0. The summed E-state index contributed by atoms with van der Waals surface area (Å²) < 4.78 is 13.1. The second-order valence-electron chi connectivity index (χ2n) is 22.7. The summed E-state index contributed by atoms with van der Waals surface area (Å²) in [5.41, 5.74) is 21.7.